The first kappa shape index (κ1) is 23.8. The number of fused-ring (bicyclic) bond motifs is 1. The molecule has 4 aromatic rings. The molecule has 6 nitrogen and oxygen atoms in total. The zero-order chi connectivity index (χ0) is 25.5. The molecule has 0 spiro atoms. The lowest BCUT2D eigenvalue weighted by Crippen LogP contribution is -2.19. The van der Waals surface area contributed by atoms with Gasteiger partial charge in [-0.05, 0) is 6.07 Å². The Kier molecular flexibility index (Phi) is 5.96. The Bertz CT molecular complexity index is 1450. The number of benzene rings is 2. The summed E-state index contributed by atoms with van der Waals surface area (Å²) in [7, 11) is 0. The highest BCUT2D eigenvalue weighted by Crippen LogP contribution is 2.32. The summed E-state index contributed by atoms with van der Waals surface area (Å²) in [6.45, 7) is 0. The molecule has 0 aliphatic carbocycles. The van der Waals surface area contributed by atoms with Crippen molar-refractivity contribution in [3.05, 3.63) is 88.5 Å². The van der Waals surface area contributed by atoms with Gasteiger partial charge in [0, 0.05) is 11.6 Å². The van der Waals surface area contributed by atoms with E-state index < -0.39 is 58.1 Å². The predicted molar refractivity (Wildman–Crippen MR) is 105 cm³/mol. The van der Waals surface area contributed by atoms with Crippen molar-refractivity contribution in [1.29, 1.82) is 0 Å². The van der Waals surface area contributed by atoms with Gasteiger partial charge in [0.2, 0.25) is 5.82 Å². The Labute approximate surface area is 189 Å². The Hall–Kier alpha value is -4.36. The number of alkyl halides is 3. The zero-order valence-corrected chi connectivity index (χ0v) is 16.8. The maximum atomic E-state index is 13.7. The van der Waals surface area contributed by atoms with Gasteiger partial charge < -0.3 is 0 Å². The van der Waals surface area contributed by atoms with Crippen molar-refractivity contribution in [1.82, 2.24) is 20.0 Å². The topological polar surface area (TPSA) is 71.7 Å². The fourth-order valence-electron chi connectivity index (χ4n) is 2.99. The molecule has 1 amide bonds. The summed E-state index contributed by atoms with van der Waals surface area (Å²) < 4.78 is 108. The van der Waals surface area contributed by atoms with Crippen LogP contribution in [0.3, 0.4) is 0 Å². The van der Waals surface area contributed by atoms with E-state index in [1.165, 1.54) is 12.1 Å². The average molecular weight is 499 g/mol. The number of hydrazone groups is 1. The number of hydrogen-bond donors (Lipinski definition) is 1. The van der Waals surface area contributed by atoms with E-state index in [2.05, 4.69) is 15.2 Å². The van der Waals surface area contributed by atoms with Crippen LogP contribution < -0.4 is 5.43 Å². The molecule has 0 radical (unpaired) electrons. The molecule has 1 N–H and O–H groups in total. The lowest BCUT2D eigenvalue weighted by molar-refractivity contribution is -0.142. The molecule has 180 valence electrons. The van der Waals surface area contributed by atoms with E-state index in [9.17, 15) is 39.9 Å². The van der Waals surface area contributed by atoms with Crippen LogP contribution in [-0.4, -0.2) is 26.7 Å². The van der Waals surface area contributed by atoms with Crippen molar-refractivity contribution in [3.8, 4) is 11.3 Å². The minimum Gasteiger partial charge on any atom is -0.265 e. The van der Waals surface area contributed by atoms with Crippen LogP contribution in [0.25, 0.3) is 16.9 Å². The van der Waals surface area contributed by atoms with E-state index >= 15 is 0 Å². The number of aromatic nitrogens is 3. The average Bonchev–Trinajstić information content (AvgIpc) is 3.27. The van der Waals surface area contributed by atoms with Gasteiger partial charge in [-0.25, -0.2) is 36.9 Å². The highest BCUT2D eigenvalue weighted by atomic mass is 19.4. The fraction of sp³-hybridized carbons (Fsp3) is 0.0476. The molecule has 0 atom stereocenters. The summed E-state index contributed by atoms with van der Waals surface area (Å²) >= 11 is 0. The third-order valence-electron chi connectivity index (χ3n) is 4.62. The highest BCUT2D eigenvalue weighted by Gasteiger charge is 2.35. The van der Waals surface area contributed by atoms with Gasteiger partial charge in [-0.2, -0.15) is 23.4 Å². The smallest absolute Gasteiger partial charge is 0.265 e. The van der Waals surface area contributed by atoms with E-state index in [1.807, 2.05) is 0 Å². The molecular weight excluding hydrogens is 490 g/mol. The molecule has 2 aromatic heterocycles. The number of halogens is 8. The maximum Gasteiger partial charge on any atom is 0.433 e. The summed E-state index contributed by atoms with van der Waals surface area (Å²) in [4.78, 5) is 16.3. The summed E-state index contributed by atoms with van der Waals surface area (Å²) in [6, 6.07) is 9.51. The molecule has 0 aliphatic heterocycles. The van der Waals surface area contributed by atoms with Crippen LogP contribution in [0, 0.1) is 29.1 Å². The quantitative estimate of drug-likeness (QED) is 0.143. The molecule has 0 unspecified atom stereocenters. The van der Waals surface area contributed by atoms with Gasteiger partial charge in [0.05, 0.1) is 17.5 Å². The van der Waals surface area contributed by atoms with Crippen molar-refractivity contribution in [2.24, 2.45) is 5.10 Å². The highest BCUT2D eigenvalue weighted by molar-refractivity contribution is 5.94. The van der Waals surface area contributed by atoms with Gasteiger partial charge in [-0.3, -0.25) is 4.79 Å². The van der Waals surface area contributed by atoms with Crippen LogP contribution in [0.1, 0.15) is 21.7 Å². The van der Waals surface area contributed by atoms with E-state index in [0.29, 0.717) is 10.1 Å². The van der Waals surface area contributed by atoms with E-state index in [0.717, 1.165) is 12.1 Å². The number of nitrogens with one attached hydrogen (secondary N) is 1. The third-order valence-corrected chi connectivity index (χ3v) is 4.62. The van der Waals surface area contributed by atoms with Gasteiger partial charge in [-0.15, -0.1) is 0 Å². The summed E-state index contributed by atoms with van der Waals surface area (Å²) in [5.74, 6) is -12.5. The first-order valence-electron chi connectivity index (χ1n) is 9.37. The molecule has 14 heteroatoms. The van der Waals surface area contributed by atoms with Crippen LogP contribution >= 0.6 is 0 Å². The van der Waals surface area contributed by atoms with Crippen molar-refractivity contribution in [2.45, 2.75) is 6.18 Å². The lowest BCUT2D eigenvalue weighted by atomic mass is 10.1. The van der Waals surface area contributed by atoms with Crippen LogP contribution in [0.2, 0.25) is 0 Å². The molecule has 0 bridgehead atoms. The van der Waals surface area contributed by atoms with Crippen molar-refractivity contribution >= 4 is 17.8 Å². The molecule has 4 rings (SSSR count). The lowest BCUT2D eigenvalue weighted by Gasteiger charge is -2.10. The van der Waals surface area contributed by atoms with Crippen molar-refractivity contribution < 1.29 is 39.9 Å². The van der Waals surface area contributed by atoms with E-state index in [1.54, 1.807) is 23.6 Å². The number of carbonyl (C=O) groups excluding carboxylic acids is 1. The monoisotopic (exact) mass is 499 g/mol. The van der Waals surface area contributed by atoms with Gasteiger partial charge in [-0.1, -0.05) is 30.3 Å². The molecule has 0 saturated carbocycles. The molecular formula is C21H9F8N5O. The number of nitrogens with zero attached hydrogens (tertiary/aromatic N) is 4. The maximum absolute atomic E-state index is 13.7. The molecule has 2 heterocycles. The minimum atomic E-state index is -4.88. The second kappa shape index (κ2) is 8.77. The molecule has 0 aliphatic rings. The van der Waals surface area contributed by atoms with Crippen molar-refractivity contribution in [3.63, 3.8) is 0 Å². The number of rotatable bonds is 4. The predicted octanol–water partition coefficient (Wildman–Crippen LogP) is 4.87. The van der Waals surface area contributed by atoms with Gasteiger partial charge in [0.1, 0.15) is 0 Å². The Morgan fingerprint density at radius 2 is 1.51 bits per heavy atom. The Balaban J connectivity index is 1.68. The zero-order valence-electron chi connectivity index (χ0n) is 16.8. The SMILES string of the molecule is O=C(NN=Cc1c(F)c(F)c(F)c(F)c1F)c1cc2nc(-c3ccccc3)cc(C(F)(F)F)n2n1. The van der Waals surface area contributed by atoms with Crippen LogP contribution in [0.5, 0.6) is 0 Å². The molecule has 35 heavy (non-hydrogen) atoms. The summed E-state index contributed by atoms with van der Waals surface area (Å²) in [6.07, 6.45) is -4.73. The third kappa shape index (κ3) is 4.41. The Morgan fingerprint density at radius 3 is 2.11 bits per heavy atom. The second-order valence-electron chi connectivity index (χ2n) is 6.87. The normalized spacial score (nSPS) is 12.0. The molecule has 0 saturated heterocycles. The Morgan fingerprint density at radius 1 is 0.914 bits per heavy atom. The summed E-state index contributed by atoms with van der Waals surface area (Å²) in [5, 5.41) is 6.65. The number of hydrogen-bond acceptors (Lipinski definition) is 4. The van der Waals surface area contributed by atoms with E-state index in [-0.39, 0.29) is 17.6 Å². The molecule has 2 aromatic carbocycles. The standard InChI is InChI=1S/C21H9F8N5O/c22-15-10(16(23)18(25)19(26)17(15)24)8-30-32-20(35)12-7-14-31-11(9-4-2-1-3-5-9)6-13(21(27,28)29)34(14)33-12/h1-8H,(H,32,35). The first-order chi connectivity index (χ1) is 16.5. The molecule has 0 fully saturated rings. The van der Waals surface area contributed by atoms with Crippen molar-refractivity contribution in [2.75, 3.05) is 0 Å². The van der Waals surface area contributed by atoms with Gasteiger partial charge in [0.25, 0.3) is 5.91 Å². The van der Waals surface area contributed by atoms with Gasteiger partial charge >= 0.3 is 6.18 Å². The van der Waals surface area contributed by atoms with Crippen LogP contribution in [0.4, 0.5) is 35.1 Å². The van der Waals surface area contributed by atoms with E-state index in [4.69, 9.17) is 0 Å². The number of amides is 1. The second-order valence-corrected chi connectivity index (χ2v) is 6.87. The largest absolute Gasteiger partial charge is 0.433 e. The van der Waals surface area contributed by atoms with Gasteiger partial charge in [0.15, 0.2) is 40.3 Å². The number of carbonyl (C=O) groups is 1. The summed E-state index contributed by atoms with van der Waals surface area (Å²) in [5.41, 5.74) is -1.66. The fourth-order valence-corrected chi connectivity index (χ4v) is 2.99. The minimum absolute atomic E-state index is 0.0541. The van der Waals surface area contributed by atoms with Crippen LogP contribution in [-0.2, 0) is 6.18 Å². The first-order valence-corrected chi connectivity index (χ1v) is 9.37. The van der Waals surface area contributed by atoms with Crippen LogP contribution in [0.15, 0.2) is 47.6 Å².